The molecule has 0 saturated carbocycles. The van der Waals surface area contributed by atoms with Crippen LogP contribution >= 0.6 is 11.3 Å². The van der Waals surface area contributed by atoms with Crippen LogP contribution in [0, 0.1) is 0 Å². The van der Waals surface area contributed by atoms with Crippen LogP contribution in [0.3, 0.4) is 0 Å². The maximum Gasteiger partial charge on any atom is 0.116 e. The summed E-state index contributed by atoms with van der Waals surface area (Å²) in [4.78, 5) is 12.5. The van der Waals surface area contributed by atoms with Crippen molar-refractivity contribution in [3.63, 3.8) is 0 Å². The number of hydrogen-bond acceptors (Lipinski definition) is 4. The molecule has 0 radical (unpaired) electrons. The van der Waals surface area contributed by atoms with E-state index in [9.17, 15) is 0 Å². The predicted molar refractivity (Wildman–Crippen MR) is 165 cm³/mol. The van der Waals surface area contributed by atoms with Gasteiger partial charge in [0, 0.05) is 38.7 Å². The van der Waals surface area contributed by atoms with E-state index in [4.69, 9.17) is 0 Å². The number of H-pyrrole nitrogens is 2. The van der Waals surface area contributed by atoms with Crippen LogP contribution in [-0.2, 0) is 0 Å². The van der Waals surface area contributed by atoms with Gasteiger partial charge in [0.05, 0.1) is 22.8 Å². The molecule has 0 aliphatic heterocycles. The van der Waals surface area contributed by atoms with Crippen molar-refractivity contribution >= 4 is 40.0 Å². The minimum absolute atomic E-state index is 0.808. The summed E-state index contributed by atoms with van der Waals surface area (Å²) in [5.41, 5.74) is 7.97. The summed E-state index contributed by atoms with van der Waals surface area (Å²) in [5.74, 6) is 0. The number of nitrogens with zero attached hydrogens (tertiary/aromatic N) is 3. The number of aromatic amines is 2. The van der Waals surface area contributed by atoms with E-state index >= 15 is 0 Å². The first-order chi connectivity index (χ1) is 18.2. The van der Waals surface area contributed by atoms with E-state index in [0.717, 1.165) is 72.1 Å². The molecule has 4 aromatic heterocycles. The fourth-order valence-corrected chi connectivity index (χ4v) is 5.33. The Morgan fingerprint density at radius 3 is 2.58 bits per heavy atom. The number of likely N-dealkylation sites (N-methyl/N-ethyl adjacent to an activating group) is 1. The summed E-state index contributed by atoms with van der Waals surface area (Å²) < 4.78 is 0. The van der Waals surface area contributed by atoms with Gasteiger partial charge in [0.1, 0.15) is 5.69 Å². The number of thiophene rings is 1. The molecule has 0 aliphatic rings. The summed E-state index contributed by atoms with van der Waals surface area (Å²) in [6, 6.07) is 6.42. The number of rotatable bonds is 9. The molecule has 0 aromatic carbocycles. The zero-order valence-corrected chi connectivity index (χ0v) is 23.7. The van der Waals surface area contributed by atoms with Crippen molar-refractivity contribution < 1.29 is 0 Å². The largest absolute Gasteiger partial charge is 0.352 e. The summed E-state index contributed by atoms with van der Waals surface area (Å²) in [5, 5.41) is 10.9. The smallest absolute Gasteiger partial charge is 0.116 e. The van der Waals surface area contributed by atoms with E-state index < -0.39 is 0 Å². The Hall–Kier alpha value is -4.00. The highest BCUT2D eigenvalue weighted by Gasteiger charge is 2.14. The van der Waals surface area contributed by atoms with Crippen LogP contribution in [0.2, 0.25) is 0 Å². The molecule has 5 nitrogen and oxygen atoms in total. The van der Waals surface area contributed by atoms with E-state index in [1.165, 1.54) is 4.88 Å². The van der Waals surface area contributed by atoms with Crippen molar-refractivity contribution in [3.05, 3.63) is 101 Å². The van der Waals surface area contributed by atoms with Crippen molar-refractivity contribution in [2.45, 2.75) is 20.8 Å². The topological polar surface area (TPSA) is 60.6 Å². The van der Waals surface area contributed by atoms with Gasteiger partial charge in [-0.2, -0.15) is 5.10 Å². The fourth-order valence-electron chi connectivity index (χ4n) is 4.38. The van der Waals surface area contributed by atoms with E-state index in [1.54, 1.807) is 11.3 Å². The Balaban J connectivity index is 1.81. The molecule has 4 rings (SSSR count). The molecule has 0 aliphatic carbocycles. The Bertz CT molecular complexity index is 1700. The van der Waals surface area contributed by atoms with Crippen LogP contribution in [-0.4, -0.2) is 45.7 Å². The lowest BCUT2D eigenvalue weighted by molar-refractivity contribution is 0.449. The number of aromatic nitrogens is 4. The van der Waals surface area contributed by atoms with Crippen LogP contribution in [0.4, 0.5) is 0 Å². The number of pyridine rings is 1. The first-order valence-corrected chi connectivity index (χ1v) is 13.4. The third kappa shape index (κ3) is 5.62. The maximum atomic E-state index is 4.69. The van der Waals surface area contributed by atoms with Gasteiger partial charge < -0.3 is 9.88 Å². The zero-order valence-electron chi connectivity index (χ0n) is 22.9. The zero-order chi connectivity index (χ0) is 27.4. The van der Waals surface area contributed by atoms with Gasteiger partial charge in [-0.05, 0) is 81.4 Å². The van der Waals surface area contributed by atoms with E-state index in [0.29, 0.717) is 0 Å². The molecule has 0 atom stereocenters. The molecule has 2 N–H and O–H groups in total. The van der Waals surface area contributed by atoms with Crippen LogP contribution < -0.4 is 10.6 Å². The maximum absolute atomic E-state index is 4.69. The van der Waals surface area contributed by atoms with Crippen molar-refractivity contribution in [3.8, 4) is 21.8 Å². The molecule has 6 heteroatoms. The van der Waals surface area contributed by atoms with Crippen molar-refractivity contribution in [1.29, 1.82) is 0 Å². The Morgan fingerprint density at radius 1 is 1.16 bits per heavy atom. The molecule has 4 heterocycles. The molecule has 194 valence electrons. The predicted octanol–water partition coefficient (Wildman–Crippen LogP) is 6.47. The second-order valence-electron chi connectivity index (χ2n) is 9.54. The van der Waals surface area contributed by atoms with Gasteiger partial charge in [0.15, 0.2) is 0 Å². The quantitative estimate of drug-likeness (QED) is 0.248. The van der Waals surface area contributed by atoms with Gasteiger partial charge in [-0.3, -0.25) is 10.1 Å². The third-order valence-corrected chi connectivity index (χ3v) is 7.60. The van der Waals surface area contributed by atoms with Crippen molar-refractivity contribution in [2.75, 3.05) is 20.6 Å². The summed E-state index contributed by atoms with van der Waals surface area (Å²) in [6.45, 7) is 19.3. The Kier molecular flexibility index (Phi) is 8.25. The summed E-state index contributed by atoms with van der Waals surface area (Å²) in [6.07, 6.45) is 14.0. The first kappa shape index (κ1) is 27.0. The van der Waals surface area contributed by atoms with E-state index in [1.807, 2.05) is 59.4 Å². The average Bonchev–Trinajstić information content (AvgIpc) is 3.63. The second kappa shape index (κ2) is 11.6. The van der Waals surface area contributed by atoms with Gasteiger partial charge >= 0.3 is 0 Å². The normalized spacial score (nSPS) is 13.6. The molecule has 0 amide bonds. The van der Waals surface area contributed by atoms with E-state index in [2.05, 4.69) is 81.2 Å². The van der Waals surface area contributed by atoms with Gasteiger partial charge in [-0.15, -0.1) is 11.3 Å². The van der Waals surface area contributed by atoms with E-state index in [-0.39, 0.29) is 0 Å². The van der Waals surface area contributed by atoms with Crippen molar-refractivity contribution in [1.82, 2.24) is 25.1 Å². The van der Waals surface area contributed by atoms with Crippen molar-refractivity contribution in [2.24, 2.45) is 0 Å². The fraction of sp³-hybridized carbons (Fsp3) is 0.188. The lowest BCUT2D eigenvalue weighted by Crippen LogP contribution is -2.23. The van der Waals surface area contributed by atoms with Crippen LogP contribution in [0.1, 0.15) is 25.6 Å². The average molecular weight is 522 g/mol. The molecule has 4 aromatic rings. The molecule has 38 heavy (non-hydrogen) atoms. The van der Waals surface area contributed by atoms with Crippen LogP contribution in [0.25, 0.3) is 50.5 Å². The molecule has 0 bridgehead atoms. The Labute approximate surface area is 228 Å². The molecule has 0 fully saturated rings. The standard InChI is InChI=1S/C32H35N5S/c1-9-22(19-37(7)8)15-23(10-2)21(6)14-25-27(11-3)35-36-32(25)28-16-24-26(17-33-18-29(24)34-28)31-13-12-30(38-31)20(4)5/h9-18,34-35H,1,4,6,19H2,2-3,5,7-8H3/b22-15+,23-10+,25-14+,27-11+. The summed E-state index contributed by atoms with van der Waals surface area (Å²) >= 11 is 1.73. The van der Waals surface area contributed by atoms with Gasteiger partial charge in [-0.25, -0.2) is 0 Å². The molecule has 0 spiro atoms. The number of allylic oxidation sites excluding steroid dienone is 5. The third-order valence-electron chi connectivity index (χ3n) is 6.32. The number of nitrogens with one attached hydrogen (secondary N) is 2. The lowest BCUT2D eigenvalue weighted by Gasteiger charge is -2.11. The number of hydrogen-bond donors (Lipinski definition) is 2. The molecular formula is C32H35N5S. The highest BCUT2D eigenvalue weighted by molar-refractivity contribution is 7.16. The summed E-state index contributed by atoms with van der Waals surface area (Å²) in [7, 11) is 4.10. The van der Waals surface area contributed by atoms with Gasteiger partial charge in [-0.1, -0.05) is 44.0 Å². The minimum Gasteiger partial charge on any atom is -0.352 e. The monoisotopic (exact) mass is 521 g/mol. The SMILES string of the molecule is C=C/C(=C\C(=C/C)C(=C)/C=c1/c(-c2cc3c(-c4ccc(C(=C)C)s4)cncc3[nH]2)n[nH]/c1=C/C)CN(C)C. The Morgan fingerprint density at radius 2 is 1.95 bits per heavy atom. The highest BCUT2D eigenvalue weighted by Crippen LogP contribution is 2.36. The van der Waals surface area contributed by atoms with Crippen LogP contribution in [0.5, 0.6) is 0 Å². The number of fused-ring (bicyclic) bond motifs is 1. The minimum atomic E-state index is 0.808. The molecule has 0 saturated heterocycles. The lowest BCUT2D eigenvalue weighted by atomic mass is 10.0. The highest BCUT2D eigenvalue weighted by atomic mass is 32.1. The molecular weight excluding hydrogens is 486 g/mol. The van der Waals surface area contributed by atoms with Gasteiger partial charge in [0.25, 0.3) is 0 Å². The van der Waals surface area contributed by atoms with Gasteiger partial charge in [0.2, 0.25) is 0 Å². The van der Waals surface area contributed by atoms with Crippen LogP contribution in [0.15, 0.2) is 85.3 Å². The molecule has 0 unspecified atom stereocenters. The first-order valence-electron chi connectivity index (χ1n) is 12.5. The second-order valence-corrected chi connectivity index (χ2v) is 10.6.